The average Bonchev–Trinajstić information content (AvgIpc) is 3.21. The van der Waals surface area contributed by atoms with Crippen LogP contribution in [0.5, 0.6) is 0 Å². The van der Waals surface area contributed by atoms with Crippen molar-refractivity contribution in [1.82, 2.24) is 4.90 Å². The first kappa shape index (κ1) is 31.7. The van der Waals surface area contributed by atoms with Crippen molar-refractivity contribution in [2.45, 2.75) is 123 Å². The van der Waals surface area contributed by atoms with Crippen LogP contribution in [0.4, 0.5) is 0 Å². The lowest BCUT2D eigenvalue weighted by atomic mass is 9.78. The van der Waals surface area contributed by atoms with Crippen molar-refractivity contribution < 1.29 is 38.4 Å². The maximum atomic E-state index is 14.0. The van der Waals surface area contributed by atoms with Crippen molar-refractivity contribution in [3.63, 3.8) is 0 Å². The Morgan fingerprint density at radius 1 is 1.13 bits per heavy atom. The van der Waals surface area contributed by atoms with Crippen molar-refractivity contribution >= 4 is 11.6 Å². The number of ketones is 2. The molecule has 9 nitrogen and oxygen atoms in total. The molecule has 3 heterocycles. The number of aliphatic hydroxyl groups is 1. The molecule has 10 atom stereocenters. The van der Waals surface area contributed by atoms with E-state index >= 15 is 0 Å². The summed E-state index contributed by atoms with van der Waals surface area (Å²) in [4.78, 5) is 29.5. The van der Waals surface area contributed by atoms with E-state index in [0.29, 0.717) is 30.4 Å². The third kappa shape index (κ3) is 6.27. The Balaban J connectivity index is 2.11. The summed E-state index contributed by atoms with van der Waals surface area (Å²) in [5, 5.41) is 11.2. The molecule has 9 heteroatoms. The highest BCUT2D eigenvalue weighted by Crippen LogP contribution is 2.41. The Morgan fingerprint density at radius 2 is 1.77 bits per heavy atom. The molecule has 222 valence electrons. The van der Waals surface area contributed by atoms with Gasteiger partial charge in [-0.15, -0.1) is 0 Å². The van der Waals surface area contributed by atoms with Gasteiger partial charge < -0.3 is 33.7 Å². The van der Waals surface area contributed by atoms with E-state index in [1.54, 1.807) is 27.9 Å². The van der Waals surface area contributed by atoms with Crippen LogP contribution in [0.1, 0.15) is 74.7 Å². The number of ether oxygens (including phenoxy) is 5. The second-order valence-electron chi connectivity index (χ2n) is 12.3. The Hall–Kier alpha value is -1.78. The topological polar surface area (TPSA) is 104 Å². The predicted molar refractivity (Wildman–Crippen MR) is 147 cm³/mol. The lowest BCUT2D eigenvalue weighted by Gasteiger charge is -2.46. The number of hydrogen-bond acceptors (Lipinski definition) is 9. The fraction of sp³-hybridized carbons (Fsp3) is 0.800. The maximum Gasteiger partial charge on any atom is 0.287 e. The van der Waals surface area contributed by atoms with E-state index in [4.69, 9.17) is 23.7 Å². The molecule has 39 heavy (non-hydrogen) atoms. The number of allylic oxidation sites excluding steroid dienone is 2. The smallest absolute Gasteiger partial charge is 0.287 e. The van der Waals surface area contributed by atoms with Gasteiger partial charge in [-0.2, -0.15) is 0 Å². The van der Waals surface area contributed by atoms with Crippen LogP contribution in [0.15, 0.2) is 23.2 Å². The van der Waals surface area contributed by atoms with E-state index in [1.807, 2.05) is 59.7 Å². The van der Waals surface area contributed by atoms with E-state index in [2.05, 4.69) is 0 Å². The van der Waals surface area contributed by atoms with Crippen molar-refractivity contribution in [3.05, 3.63) is 23.2 Å². The summed E-state index contributed by atoms with van der Waals surface area (Å²) in [5.74, 6) is -1.27. The first-order valence-electron chi connectivity index (χ1n) is 14.1. The summed E-state index contributed by atoms with van der Waals surface area (Å²) >= 11 is 0. The third-order valence-corrected chi connectivity index (χ3v) is 8.79. The number of aliphatic hydroxyl groups excluding tert-OH is 1. The highest BCUT2D eigenvalue weighted by atomic mass is 16.7. The zero-order valence-corrected chi connectivity index (χ0v) is 25.6. The number of nitrogens with zero attached hydrogens (tertiary/aromatic N) is 1. The number of likely N-dealkylation sites (N-methyl/N-ethyl adjacent to an activating group) is 1. The van der Waals surface area contributed by atoms with E-state index in [9.17, 15) is 14.7 Å². The van der Waals surface area contributed by atoms with Crippen LogP contribution in [-0.4, -0.2) is 90.7 Å². The molecule has 2 bridgehead atoms. The Morgan fingerprint density at radius 3 is 2.33 bits per heavy atom. The van der Waals surface area contributed by atoms with Crippen LogP contribution in [0, 0.1) is 11.8 Å². The summed E-state index contributed by atoms with van der Waals surface area (Å²) in [6.45, 7) is 14.8. The molecule has 0 aromatic heterocycles. The molecule has 5 unspecified atom stereocenters. The summed E-state index contributed by atoms with van der Waals surface area (Å²) in [7, 11) is 5.37. The molecule has 2 saturated heterocycles. The van der Waals surface area contributed by atoms with Gasteiger partial charge in [0.05, 0.1) is 23.4 Å². The number of carbonyl (C=O) groups excluding carboxylic acids is 2. The van der Waals surface area contributed by atoms with Gasteiger partial charge in [-0.05, 0) is 79.6 Å². The quantitative estimate of drug-likeness (QED) is 0.547. The molecule has 0 aromatic carbocycles. The number of hydrogen-bond donors (Lipinski definition) is 1. The van der Waals surface area contributed by atoms with Gasteiger partial charge in [0.1, 0.15) is 12.2 Å². The number of Topliss-reactive ketones (excluding diaryl/α,β-unsaturated/α-hetero) is 2. The predicted octanol–water partition coefficient (Wildman–Crippen LogP) is 3.78. The number of rotatable bonds is 5. The highest BCUT2D eigenvalue weighted by molar-refractivity contribution is 5.98. The summed E-state index contributed by atoms with van der Waals surface area (Å²) in [6, 6.07) is -0.186. The molecular weight excluding hydrogens is 502 g/mol. The van der Waals surface area contributed by atoms with Gasteiger partial charge in [0.25, 0.3) is 5.95 Å². The molecule has 3 aliphatic heterocycles. The van der Waals surface area contributed by atoms with Crippen LogP contribution in [0.3, 0.4) is 0 Å². The van der Waals surface area contributed by atoms with E-state index in [1.165, 1.54) is 0 Å². The Kier molecular flexibility index (Phi) is 9.76. The fourth-order valence-electron chi connectivity index (χ4n) is 6.39. The summed E-state index contributed by atoms with van der Waals surface area (Å²) < 4.78 is 31.1. The van der Waals surface area contributed by atoms with Crippen LogP contribution >= 0.6 is 0 Å². The van der Waals surface area contributed by atoms with E-state index in [0.717, 1.165) is 0 Å². The first-order chi connectivity index (χ1) is 18.1. The maximum absolute atomic E-state index is 14.0. The number of fused-ring (bicyclic) bond motifs is 2. The zero-order valence-electron chi connectivity index (χ0n) is 25.6. The molecule has 0 radical (unpaired) electrons. The molecule has 3 aliphatic rings. The normalized spacial score (nSPS) is 45.5. The van der Waals surface area contributed by atoms with Crippen LogP contribution in [-0.2, 0) is 33.3 Å². The first-order valence-corrected chi connectivity index (χ1v) is 14.1. The zero-order chi connectivity index (χ0) is 29.4. The highest BCUT2D eigenvalue weighted by Gasteiger charge is 2.50. The largest absolute Gasteiger partial charge is 0.457 e. The van der Waals surface area contributed by atoms with Gasteiger partial charge in [-0.3, -0.25) is 9.59 Å². The van der Waals surface area contributed by atoms with Gasteiger partial charge >= 0.3 is 0 Å². The van der Waals surface area contributed by atoms with Gasteiger partial charge in [-0.25, -0.2) is 0 Å². The van der Waals surface area contributed by atoms with Crippen LogP contribution < -0.4 is 0 Å². The lowest BCUT2D eigenvalue weighted by molar-refractivity contribution is -0.295. The Bertz CT molecular complexity index is 991. The second-order valence-corrected chi connectivity index (χ2v) is 12.3. The van der Waals surface area contributed by atoms with Gasteiger partial charge in [0, 0.05) is 25.0 Å². The fourth-order valence-corrected chi connectivity index (χ4v) is 6.39. The number of carbonyl (C=O) groups is 2. The van der Waals surface area contributed by atoms with Crippen LogP contribution in [0.25, 0.3) is 0 Å². The molecule has 3 rings (SSSR count). The summed E-state index contributed by atoms with van der Waals surface area (Å²) in [5.41, 5.74) is -1.04. The van der Waals surface area contributed by atoms with Crippen molar-refractivity contribution in [1.29, 1.82) is 0 Å². The SMILES string of the molecule is CC[C@H]1O/C2=C(\C)C(=O)[C@H](C)[C@@H](OC3OC(C)CC(N(C)C)C3O)[C@](C)(OC)C[C@@H](C)C(=O)/C(C)=C/C1(C)O2. The van der Waals surface area contributed by atoms with E-state index < -0.39 is 41.5 Å². The monoisotopic (exact) mass is 551 g/mol. The minimum absolute atomic E-state index is 0.0423. The standard InChI is InChI=1S/C30H49NO8/c1-12-22-29(7)14-16(2)23(32)17(3)15-30(8,35-11)26(19(5)24(33)20(6)27(37-22)39-29)38-28-25(34)21(31(9)10)13-18(4)36-28/h14,17-19,21-22,25-26,28,34H,12-13,15H2,1-11H3/b16-14+,27-20-/t17-,18?,19+,21?,22-,25?,26-,28?,29?,30-/m1/s1. The molecule has 0 aromatic rings. The molecule has 1 N–H and O–H groups in total. The lowest BCUT2D eigenvalue weighted by Crippen LogP contribution is -2.58. The Labute approximate surface area is 233 Å². The minimum Gasteiger partial charge on any atom is -0.457 e. The van der Waals surface area contributed by atoms with Crippen molar-refractivity contribution in [2.75, 3.05) is 21.2 Å². The average molecular weight is 552 g/mol. The van der Waals surface area contributed by atoms with E-state index in [-0.39, 0.29) is 35.8 Å². The molecule has 0 amide bonds. The van der Waals surface area contributed by atoms with Gasteiger partial charge in [0.2, 0.25) is 0 Å². The second kappa shape index (κ2) is 12.0. The third-order valence-electron chi connectivity index (χ3n) is 8.79. The van der Waals surface area contributed by atoms with Crippen LogP contribution in [0.2, 0.25) is 0 Å². The molecule has 2 fully saturated rings. The molecule has 0 spiro atoms. The van der Waals surface area contributed by atoms with Crippen molar-refractivity contribution in [2.24, 2.45) is 11.8 Å². The van der Waals surface area contributed by atoms with Gasteiger partial charge in [-0.1, -0.05) is 20.8 Å². The summed E-state index contributed by atoms with van der Waals surface area (Å²) in [6.07, 6.45) is 0.0986. The minimum atomic E-state index is -1.06. The molecular formula is C30H49NO8. The van der Waals surface area contributed by atoms with Gasteiger partial charge in [0.15, 0.2) is 23.5 Å². The molecule has 0 aliphatic carbocycles. The van der Waals surface area contributed by atoms with Crippen molar-refractivity contribution in [3.8, 4) is 0 Å². The number of methoxy groups -OCH3 is 1. The molecule has 0 saturated carbocycles.